The molecule has 0 N–H and O–H groups in total. The molecule has 9 heteroatoms. The standard InChI is InChI=1S/3C26H21N2O/c1-16-18-9-6-7-11-24(18)29-26(16)22-14-20-23(15-27(22)2)28(3)21-13-12-17-8-4-5-10-19(17)25(20)21;1-16-18-9-6-7-11-24(18)29-26(16)22-14-21-20-13-12-17-8-4-5-10-19(17)25(20)28(3)23(21)15-27(22)2;1-16-25(20-10-6-7-11-24(20)29-16)22-14-21-19-13-12-17-8-4-5-9-18(17)26(19)28(3)23(21)15-27(22)2/h3*4-15H,1-3H3/q3*+1. The molecule has 0 unspecified atom stereocenters. The Hall–Kier alpha value is -10.8. The first-order valence-corrected chi connectivity index (χ1v) is 29.7. The zero-order valence-corrected chi connectivity index (χ0v) is 50.2. The molecule has 9 heterocycles. The third kappa shape index (κ3) is 7.88. The second-order valence-corrected chi connectivity index (χ2v) is 23.6. The fourth-order valence-electron chi connectivity index (χ4n) is 14.2. The summed E-state index contributed by atoms with van der Waals surface area (Å²) in [6, 6.07) is 70.8. The molecule has 87 heavy (non-hydrogen) atoms. The Morgan fingerprint density at radius 3 is 1.20 bits per heavy atom. The Labute approximate surface area is 501 Å². The van der Waals surface area contributed by atoms with Gasteiger partial charge in [-0.3, -0.25) is 0 Å². The summed E-state index contributed by atoms with van der Waals surface area (Å²) in [6.45, 7) is 6.34. The van der Waals surface area contributed by atoms with Gasteiger partial charge >= 0.3 is 0 Å². The van der Waals surface area contributed by atoms with Crippen LogP contribution in [0.1, 0.15) is 16.9 Å². The van der Waals surface area contributed by atoms with Crippen LogP contribution in [0.15, 0.2) is 232 Å². The monoisotopic (exact) mass is 1130 g/mol. The van der Waals surface area contributed by atoms with Crippen molar-refractivity contribution in [2.24, 2.45) is 42.3 Å². The van der Waals surface area contributed by atoms with Crippen LogP contribution in [-0.2, 0) is 42.3 Å². The summed E-state index contributed by atoms with van der Waals surface area (Å²) in [5.74, 6) is 2.83. The zero-order chi connectivity index (χ0) is 59.1. The van der Waals surface area contributed by atoms with Crippen molar-refractivity contribution in [3.05, 3.63) is 236 Å². The van der Waals surface area contributed by atoms with Crippen molar-refractivity contribution in [2.75, 3.05) is 0 Å². The Morgan fingerprint density at radius 2 is 0.690 bits per heavy atom. The van der Waals surface area contributed by atoms with Crippen LogP contribution in [0.25, 0.3) is 165 Å². The van der Waals surface area contributed by atoms with E-state index in [0.29, 0.717) is 0 Å². The first kappa shape index (κ1) is 51.8. The minimum absolute atomic E-state index is 0.934. The minimum Gasteiger partial charge on any atom is -0.460 e. The fraction of sp³-hybridized carbons (Fsp3) is 0.115. The highest BCUT2D eigenvalue weighted by molar-refractivity contribution is 6.22. The van der Waals surface area contributed by atoms with Gasteiger partial charge in [-0.2, -0.15) is 13.7 Å². The number of hydrogen-bond acceptors (Lipinski definition) is 3. The number of aryl methyl sites for hydroxylation is 9. The van der Waals surface area contributed by atoms with Crippen molar-refractivity contribution in [1.29, 1.82) is 0 Å². The summed E-state index contributed by atoms with van der Waals surface area (Å²) in [5.41, 5.74) is 17.2. The fourth-order valence-corrected chi connectivity index (χ4v) is 14.2. The highest BCUT2D eigenvalue weighted by Gasteiger charge is 2.27. The van der Waals surface area contributed by atoms with E-state index in [1.54, 1.807) is 0 Å². The summed E-state index contributed by atoms with van der Waals surface area (Å²) in [7, 11) is 12.8. The van der Waals surface area contributed by atoms with Crippen molar-refractivity contribution >= 4 is 131 Å². The van der Waals surface area contributed by atoms with Crippen LogP contribution < -0.4 is 13.7 Å². The SMILES string of the molecule is Cc1c(-c2cc3c4c5ccccc5ccc4n(C)c3c[n+]2C)oc2ccccc12.Cc1c(-c2cc3c4ccc5ccccc5c4n(C)c3c[n+]2C)oc2ccccc12.Cc1oc2ccccc2c1-c1cc2c3ccc4ccccc4c3n(C)c2c[n+]1C. The van der Waals surface area contributed by atoms with Gasteiger partial charge in [0.05, 0.1) is 16.6 Å². The van der Waals surface area contributed by atoms with Crippen molar-refractivity contribution in [3.63, 3.8) is 0 Å². The van der Waals surface area contributed by atoms with Gasteiger partial charge < -0.3 is 27.0 Å². The molecule has 18 rings (SSSR count). The maximum atomic E-state index is 6.29. The summed E-state index contributed by atoms with van der Waals surface area (Å²) in [4.78, 5) is 0. The molecule has 0 radical (unpaired) electrons. The number of pyridine rings is 3. The average Bonchev–Trinajstić information content (AvgIpc) is 1.66. The highest BCUT2D eigenvalue weighted by atomic mass is 16.3. The highest BCUT2D eigenvalue weighted by Crippen LogP contribution is 2.41. The largest absolute Gasteiger partial charge is 0.460 e. The number of hydrogen-bond donors (Lipinski definition) is 0. The van der Waals surface area contributed by atoms with Gasteiger partial charge in [-0.1, -0.05) is 158 Å². The van der Waals surface area contributed by atoms with E-state index >= 15 is 0 Å². The molecule has 0 amide bonds. The second kappa shape index (κ2) is 19.7. The smallest absolute Gasteiger partial charge is 0.249 e. The molecule has 0 fully saturated rings. The lowest BCUT2D eigenvalue weighted by Crippen LogP contribution is -2.30. The Bertz CT molecular complexity index is 5880. The molecule has 0 spiro atoms. The van der Waals surface area contributed by atoms with Crippen molar-refractivity contribution in [1.82, 2.24) is 13.7 Å². The first-order chi connectivity index (χ1) is 42.4. The second-order valence-electron chi connectivity index (χ2n) is 23.6. The lowest BCUT2D eigenvalue weighted by atomic mass is 10.0. The maximum Gasteiger partial charge on any atom is 0.249 e. The molecule has 0 bridgehead atoms. The van der Waals surface area contributed by atoms with Crippen LogP contribution in [-0.4, -0.2) is 13.7 Å². The normalized spacial score (nSPS) is 12.0. The first-order valence-electron chi connectivity index (χ1n) is 29.7. The van der Waals surface area contributed by atoms with E-state index < -0.39 is 0 Å². The van der Waals surface area contributed by atoms with E-state index in [-0.39, 0.29) is 0 Å². The van der Waals surface area contributed by atoms with Crippen LogP contribution in [0.2, 0.25) is 0 Å². The minimum atomic E-state index is 0.934. The third-order valence-corrected chi connectivity index (χ3v) is 18.6. The molecule has 9 aromatic carbocycles. The summed E-state index contributed by atoms with van der Waals surface area (Å²) in [5, 5.41) is 18.8. The van der Waals surface area contributed by atoms with Gasteiger partial charge in [0.2, 0.25) is 28.6 Å². The number of para-hydroxylation sites is 3. The predicted molar refractivity (Wildman–Crippen MR) is 357 cm³/mol. The molecular formula is C78H63N6O3+3. The summed E-state index contributed by atoms with van der Waals surface area (Å²) < 4.78 is 32.1. The summed E-state index contributed by atoms with van der Waals surface area (Å²) >= 11 is 0. The number of furan rings is 3. The van der Waals surface area contributed by atoms with Crippen LogP contribution in [0.3, 0.4) is 0 Å². The average molecular weight is 1130 g/mol. The van der Waals surface area contributed by atoms with Gasteiger partial charge in [-0.05, 0) is 66.6 Å². The van der Waals surface area contributed by atoms with Gasteiger partial charge in [-0.15, -0.1) is 0 Å². The number of fused-ring (bicyclic) bond motifs is 18. The van der Waals surface area contributed by atoms with E-state index in [2.05, 4.69) is 273 Å². The van der Waals surface area contributed by atoms with E-state index in [1.165, 1.54) is 131 Å². The van der Waals surface area contributed by atoms with E-state index in [4.69, 9.17) is 13.3 Å². The predicted octanol–water partition coefficient (Wildman–Crippen LogP) is 18.1. The summed E-state index contributed by atoms with van der Waals surface area (Å²) in [6.07, 6.45) is 6.67. The van der Waals surface area contributed by atoms with Gasteiger partial charge in [0.15, 0.2) is 18.6 Å². The zero-order valence-electron chi connectivity index (χ0n) is 50.2. The lowest BCUT2D eigenvalue weighted by Gasteiger charge is -2.03. The molecule has 420 valence electrons. The number of aromatic nitrogens is 6. The molecule has 9 nitrogen and oxygen atoms in total. The molecule has 9 aromatic heterocycles. The Balaban J connectivity index is 0.000000106. The van der Waals surface area contributed by atoms with Gasteiger partial charge in [0.25, 0.3) is 0 Å². The third-order valence-electron chi connectivity index (χ3n) is 18.6. The number of nitrogens with zero attached hydrogens (tertiary/aromatic N) is 6. The van der Waals surface area contributed by atoms with Gasteiger partial charge in [0, 0.05) is 115 Å². The van der Waals surface area contributed by atoms with Crippen molar-refractivity contribution in [2.45, 2.75) is 20.8 Å². The topological polar surface area (TPSA) is 65.8 Å². The number of rotatable bonds is 3. The molecule has 18 aromatic rings. The quantitative estimate of drug-likeness (QED) is 0.166. The molecule has 0 saturated carbocycles. The van der Waals surface area contributed by atoms with Crippen LogP contribution >= 0.6 is 0 Å². The molecule has 0 aliphatic rings. The van der Waals surface area contributed by atoms with E-state index in [9.17, 15) is 0 Å². The number of benzene rings is 9. The maximum absolute atomic E-state index is 6.29. The lowest BCUT2D eigenvalue weighted by molar-refractivity contribution is -0.659. The Kier molecular flexibility index (Phi) is 11.7. The molecule has 0 aliphatic carbocycles. The molecule has 0 saturated heterocycles. The Morgan fingerprint density at radius 1 is 0.310 bits per heavy atom. The van der Waals surface area contributed by atoms with E-state index in [0.717, 1.165) is 50.8 Å². The van der Waals surface area contributed by atoms with Crippen LogP contribution in [0, 0.1) is 20.8 Å². The van der Waals surface area contributed by atoms with Crippen LogP contribution in [0.5, 0.6) is 0 Å². The molecule has 0 atom stereocenters. The molecular weight excluding hydrogens is 1070 g/mol. The van der Waals surface area contributed by atoms with Crippen molar-refractivity contribution < 1.29 is 27.0 Å². The molecule has 0 aliphatic heterocycles. The van der Waals surface area contributed by atoms with Crippen LogP contribution in [0.4, 0.5) is 0 Å². The van der Waals surface area contributed by atoms with Gasteiger partial charge in [-0.25, -0.2) is 0 Å². The van der Waals surface area contributed by atoms with Crippen molar-refractivity contribution in [3.8, 4) is 34.2 Å². The van der Waals surface area contributed by atoms with Gasteiger partial charge in [0.1, 0.15) is 60.2 Å². The van der Waals surface area contributed by atoms with E-state index in [1.807, 2.05) is 36.4 Å².